The first-order chi connectivity index (χ1) is 13.4. The van der Waals surface area contributed by atoms with E-state index < -0.39 is 17.5 Å². The van der Waals surface area contributed by atoms with Gasteiger partial charge in [0.25, 0.3) is 11.5 Å². The van der Waals surface area contributed by atoms with Gasteiger partial charge in [-0.05, 0) is 31.5 Å². The molecule has 0 bridgehead atoms. The number of nitrogens with one attached hydrogen (secondary N) is 1. The van der Waals surface area contributed by atoms with Crippen LogP contribution in [-0.4, -0.2) is 21.4 Å². The second kappa shape index (κ2) is 8.08. The Morgan fingerprint density at radius 1 is 1.18 bits per heavy atom. The number of carbonyl (C=O) groups excluding carboxylic acids is 1. The van der Waals surface area contributed by atoms with E-state index in [0.717, 1.165) is 12.1 Å². The topological polar surface area (TPSA) is 76.3 Å². The van der Waals surface area contributed by atoms with E-state index in [-0.39, 0.29) is 22.5 Å². The van der Waals surface area contributed by atoms with E-state index in [1.165, 1.54) is 17.7 Å². The average molecular weight is 384 g/mol. The summed E-state index contributed by atoms with van der Waals surface area (Å²) in [5.74, 6) is -2.12. The number of benzene rings is 2. The first-order valence-corrected chi connectivity index (χ1v) is 8.72. The van der Waals surface area contributed by atoms with Crippen LogP contribution in [0, 0.1) is 11.6 Å². The van der Waals surface area contributed by atoms with Crippen molar-refractivity contribution in [2.24, 2.45) is 5.10 Å². The third-order valence-corrected chi connectivity index (χ3v) is 4.16. The van der Waals surface area contributed by atoms with E-state index in [0.29, 0.717) is 23.7 Å². The lowest BCUT2D eigenvalue weighted by atomic mass is 10.1. The average Bonchev–Trinajstić information content (AvgIpc) is 2.68. The van der Waals surface area contributed by atoms with E-state index in [4.69, 9.17) is 0 Å². The molecule has 0 aliphatic rings. The molecule has 0 saturated heterocycles. The second-order valence-electron chi connectivity index (χ2n) is 6.18. The van der Waals surface area contributed by atoms with Gasteiger partial charge in [0, 0.05) is 23.6 Å². The number of aryl methyl sites for hydroxylation is 1. The van der Waals surface area contributed by atoms with Crippen LogP contribution >= 0.6 is 0 Å². The van der Waals surface area contributed by atoms with Crippen molar-refractivity contribution in [3.05, 3.63) is 75.7 Å². The number of nitrogens with zero attached hydrogens (tertiary/aromatic N) is 3. The maximum atomic E-state index is 13.9. The maximum Gasteiger partial charge on any atom is 0.292 e. The first kappa shape index (κ1) is 19.3. The number of aromatic nitrogens is 2. The Bertz CT molecular complexity index is 1140. The van der Waals surface area contributed by atoms with Gasteiger partial charge in [0.1, 0.15) is 11.6 Å². The van der Waals surface area contributed by atoms with Crippen LogP contribution in [0.5, 0.6) is 0 Å². The van der Waals surface area contributed by atoms with Crippen LogP contribution in [0.15, 0.2) is 52.4 Å². The molecule has 3 aromatic rings. The van der Waals surface area contributed by atoms with Crippen LogP contribution < -0.4 is 11.0 Å². The van der Waals surface area contributed by atoms with Crippen molar-refractivity contribution in [1.82, 2.24) is 15.2 Å². The zero-order chi connectivity index (χ0) is 20.3. The molecule has 2 aromatic carbocycles. The Kier molecular flexibility index (Phi) is 5.58. The highest BCUT2D eigenvalue weighted by atomic mass is 19.1. The normalized spacial score (nSPS) is 11.6. The Labute approximate surface area is 159 Å². The van der Waals surface area contributed by atoms with Crippen LogP contribution in [0.1, 0.15) is 36.3 Å². The van der Waals surface area contributed by atoms with Gasteiger partial charge in [-0.3, -0.25) is 9.59 Å². The maximum absolute atomic E-state index is 13.9. The summed E-state index contributed by atoms with van der Waals surface area (Å²) in [5, 5.41) is 8.84. The molecule has 0 saturated carbocycles. The molecule has 0 spiro atoms. The van der Waals surface area contributed by atoms with Crippen LogP contribution in [0.25, 0.3) is 10.8 Å². The fourth-order valence-electron chi connectivity index (χ4n) is 2.80. The van der Waals surface area contributed by atoms with Crippen molar-refractivity contribution < 1.29 is 13.6 Å². The molecule has 8 heteroatoms. The Morgan fingerprint density at radius 2 is 1.89 bits per heavy atom. The molecular formula is C20H18F2N4O2. The number of halogens is 2. The van der Waals surface area contributed by atoms with Crippen molar-refractivity contribution in [1.29, 1.82) is 0 Å². The Morgan fingerprint density at radius 3 is 2.57 bits per heavy atom. The number of hydrazone groups is 1. The van der Waals surface area contributed by atoms with Gasteiger partial charge >= 0.3 is 0 Å². The standard InChI is InChI=1S/C20H18F2N4O2/c1-3-10-26-20(28)16-7-5-4-6-15(16)18(25-26)19(27)24-23-12(2)14-9-8-13(21)11-17(14)22/h4-9,11H,3,10H2,1-2H3,(H,24,27)/b23-12-. The fraction of sp³-hybridized carbons (Fsp3) is 0.200. The molecule has 0 fully saturated rings. The SMILES string of the molecule is CCCn1nc(C(=O)N/N=C(/C)c2ccc(F)cc2F)c2ccccc2c1=O. The molecule has 1 N–H and O–H groups in total. The molecule has 1 heterocycles. The summed E-state index contributed by atoms with van der Waals surface area (Å²) in [4.78, 5) is 25.1. The molecule has 0 unspecified atom stereocenters. The minimum atomic E-state index is -0.782. The van der Waals surface area contributed by atoms with Gasteiger partial charge in [-0.1, -0.05) is 25.1 Å². The fourth-order valence-corrected chi connectivity index (χ4v) is 2.80. The third kappa shape index (κ3) is 3.80. The summed E-state index contributed by atoms with van der Waals surface area (Å²) >= 11 is 0. The zero-order valence-electron chi connectivity index (χ0n) is 15.4. The number of hydrogen-bond acceptors (Lipinski definition) is 4. The third-order valence-electron chi connectivity index (χ3n) is 4.16. The lowest BCUT2D eigenvalue weighted by Gasteiger charge is -2.10. The number of amides is 1. The molecule has 1 aromatic heterocycles. The lowest BCUT2D eigenvalue weighted by molar-refractivity contribution is 0.0949. The quantitative estimate of drug-likeness (QED) is 0.542. The summed E-state index contributed by atoms with van der Waals surface area (Å²) in [5.41, 5.74) is 2.33. The molecule has 3 rings (SSSR count). The molecule has 0 aliphatic carbocycles. The minimum Gasteiger partial charge on any atom is -0.267 e. The summed E-state index contributed by atoms with van der Waals surface area (Å²) in [6, 6.07) is 9.76. The molecular weight excluding hydrogens is 366 g/mol. The van der Waals surface area contributed by atoms with Gasteiger partial charge in [-0.25, -0.2) is 18.9 Å². The van der Waals surface area contributed by atoms with Crippen LogP contribution in [-0.2, 0) is 6.54 Å². The molecule has 1 amide bonds. The molecule has 144 valence electrons. The summed E-state index contributed by atoms with van der Waals surface area (Å²) in [6.45, 7) is 3.75. The number of carbonyl (C=O) groups is 1. The monoisotopic (exact) mass is 384 g/mol. The smallest absolute Gasteiger partial charge is 0.267 e. The second-order valence-corrected chi connectivity index (χ2v) is 6.18. The number of hydrogen-bond donors (Lipinski definition) is 1. The lowest BCUT2D eigenvalue weighted by Crippen LogP contribution is -2.29. The number of rotatable bonds is 5. The van der Waals surface area contributed by atoms with Gasteiger partial charge in [0.05, 0.1) is 11.1 Å². The minimum absolute atomic E-state index is 0.0415. The van der Waals surface area contributed by atoms with Gasteiger partial charge < -0.3 is 0 Å². The summed E-state index contributed by atoms with van der Waals surface area (Å²) < 4.78 is 28.1. The van der Waals surface area contributed by atoms with Crippen LogP contribution in [0.4, 0.5) is 8.78 Å². The van der Waals surface area contributed by atoms with Crippen molar-refractivity contribution >= 4 is 22.4 Å². The summed E-state index contributed by atoms with van der Waals surface area (Å²) in [6.07, 6.45) is 0.674. The van der Waals surface area contributed by atoms with Crippen molar-refractivity contribution in [3.63, 3.8) is 0 Å². The highest BCUT2D eigenvalue weighted by Crippen LogP contribution is 2.14. The Balaban J connectivity index is 1.97. The molecule has 0 atom stereocenters. The van der Waals surface area contributed by atoms with Crippen molar-refractivity contribution in [3.8, 4) is 0 Å². The molecule has 28 heavy (non-hydrogen) atoms. The van der Waals surface area contributed by atoms with E-state index in [2.05, 4.69) is 15.6 Å². The van der Waals surface area contributed by atoms with E-state index >= 15 is 0 Å². The van der Waals surface area contributed by atoms with Gasteiger partial charge in [-0.2, -0.15) is 10.2 Å². The molecule has 6 nitrogen and oxygen atoms in total. The van der Waals surface area contributed by atoms with E-state index in [1.54, 1.807) is 24.3 Å². The number of fused-ring (bicyclic) bond motifs is 1. The molecule has 0 aliphatic heterocycles. The predicted octanol–water partition coefficient (Wildman–Crippen LogP) is 3.24. The predicted molar refractivity (Wildman–Crippen MR) is 102 cm³/mol. The first-order valence-electron chi connectivity index (χ1n) is 8.72. The van der Waals surface area contributed by atoms with Crippen LogP contribution in [0.2, 0.25) is 0 Å². The van der Waals surface area contributed by atoms with Crippen molar-refractivity contribution in [2.45, 2.75) is 26.8 Å². The Hall–Kier alpha value is -3.42. The molecule has 0 radical (unpaired) electrons. The van der Waals surface area contributed by atoms with E-state index in [1.807, 2.05) is 6.92 Å². The van der Waals surface area contributed by atoms with Gasteiger partial charge in [0.15, 0.2) is 5.69 Å². The highest BCUT2D eigenvalue weighted by Gasteiger charge is 2.16. The van der Waals surface area contributed by atoms with Gasteiger partial charge in [0.2, 0.25) is 0 Å². The van der Waals surface area contributed by atoms with Crippen LogP contribution in [0.3, 0.4) is 0 Å². The van der Waals surface area contributed by atoms with E-state index in [9.17, 15) is 18.4 Å². The van der Waals surface area contributed by atoms with Gasteiger partial charge in [-0.15, -0.1) is 0 Å². The largest absolute Gasteiger partial charge is 0.292 e. The van der Waals surface area contributed by atoms with Crippen molar-refractivity contribution in [2.75, 3.05) is 0 Å². The zero-order valence-corrected chi connectivity index (χ0v) is 15.4. The highest BCUT2D eigenvalue weighted by molar-refractivity contribution is 6.06. The summed E-state index contributed by atoms with van der Waals surface area (Å²) in [7, 11) is 0.